The Morgan fingerprint density at radius 3 is 2.50 bits per heavy atom. The molecule has 0 aromatic heterocycles. The quantitative estimate of drug-likeness (QED) is 0.692. The summed E-state index contributed by atoms with van der Waals surface area (Å²) in [7, 11) is 0. The standard InChI is InChI=1S/C22H22F3N3O3S/c1-3-27(4-2)21(31)14-8-9-18-17(10-14)28(20(30)13-32-18)12-19(29)26-16-7-5-6-15(11-16)22(23,24)25/h5-11H,3-4,12-13H2,1-2H3,(H,26,29). The van der Waals surface area contributed by atoms with E-state index >= 15 is 0 Å². The van der Waals surface area contributed by atoms with Crippen LogP contribution in [0.1, 0.15) is 29.8 Å². The number of amides is 3. The van der Waals surface area contributed by atoms with Crippen LogP contribution in [0.5, 0.6) is 0 Å². The Bertz CT molecular complexity index is 1040. The Kier molecular flexibility index (Phi) is 7.12. The number of rotatable bonds is 6. The van der Waals surface area contributed by atoms with E-state index in [0.717, 1.165) is 17.0 Å². The lowest BCUT2D eigenvalue weighted by Gasteiger charge is -2.29. The van der Waals surface area contributed by atoms with Gasteiger partial charge in [-0.2, -0.15) is 13.2 Å². The highest BCUT2D eigenvalue weighted by Crippen LogP contribution is 2.36. The molecule has 0 aliphatic carbocycles. The first-order valence-electron chi connectivity index (χ1n) is 9.97. The van der Waals surface area contributed by atoms with Crippen molar-refractivity contribution in [3.63, 3.8) is 0 Å². The predicted molar refractivity (Wildman–Crippen MR) is 117 cm³/mol. The van der Waals surface area contributed by atoms with Gasteiger partial charge in [0.1, 0.15) is 6.54 Å². The van der Waals surface area contributed by atoms with Crippen LogP contribution >= 0.6 is 11.8 Å². The van der Waals surface area contributed by atoms with Crippen molar-refractivity contribution in [2.24, 2.45) is 0 Å². The van der Waals surface area contributed by atoms with Crippen LogP contribution in [0.25, 0.3) is 0 Å². The van der Waals surface area contributed by atoms with Crippen LogP contribution in [0.4, 0.5) is 24.5 Å². The number of alkyl halides is 3. The number of carbonyl (C=O) groups excluding carboxylic acids is 3. The number of fused-ring (bicyclic) bond motifs is 1. The summed E-state index contributed by atoms with van der Waals surface area (Å²) in [6.45, 7) is 4.41. The number of halogens is 3. The van der Waals surface area contributed by atoms with Gasteiger partial charge in [-0.05, 0) is 50.2 Å². The third kappa shape index (κ3) is 5.24. The molecule has 1 aliphatic heterocycles. The summed E-state index contributed by atoms with van der Waals surface area (Å²) >= 11 is 1.30. The molecule has 170 valence electrons. The summed E-state index contributed by atoms with van der Waals surface area (Å²) in [4.78, 5) is 41.4. The molecule has 0 atom stereocenters. The molecule has 1 N–H and O–H groups in total. The van der Waals surface area contributed by atoms with Crippen molar-refractivity contribution in [2.75, 3.05) is 35.6 Å². The Hall–Kier alpha value is -3.01. The topological polar surface area (TPSA) is 69.7 Å². The molecule has 0 radical (unpaired) electrons. The number of anilines is 2. The minimum Gasteiger partial charge on any atom is -0.339 e. The van der Waals surface area contributed by atoms with E-state index in [0.29, 0.717) is 24.3 Å². The summed E-state index contributed by atoms with van der Waals surface area (Å²) < 4.78 is 38.7. The third-order valence-electron chi connectivity index (χ3n) is 4.97. The molecule has 2 aromatic rings. The van der Waals surface area contributed by atoms with Crippen LogP contribution in [0.3, 0.4) is 0 Å². The first kappa shape index (κ1) is 23.6. The van der Waals surface area contributed by atoms with Crippen molar-refractivity contribution >= 4 is 40.9 Å². The first-order valence-corrected chi connectivity index (χ1v) is 11.0. The SMILES string of the molecule is CCN(CC)C(=O)c1ccc2c(c1)N(CC(=O)Nc1cccc(C(F)(F)F)c1)C(=O)CS2. The highest BCUT2D eigenvalue weighted by atomic mass is 32.2. The maximum atomic E-state index is 12.9. The van der Waals surface area contributed by atoms with Crippen LogP contribution < -0.4 is 10.2 Å². The molecular weight excluding hydrogens is 443 g/mol. The second-order valence-corrected chi connectivity index (χ2v) is 8.07. The minimum atomic E-state index is -4.53. The molecule has 3 rings (SSSR count). The molecule has 32 heavy (non-hydrogen) atoms. The zero-order valence-corrected chi connectivity index (χ0v) is 18.3. The molecular formula is C22H22F3N3O3S. The zero-order valence-electron chi connectivity index (χ0n) is 17.5. The van der Waals surface area contributed by atoms with Gasteiger partial charge in [-0.25, -0.2) is 0 Å². The fourth-order valence-electron chi connectivity index (χ4n) is 3.32. The van der Waals surface area contributed by atoms with Crippen molar-refractivity contribution in [2.45, 2.75) is 24.9 Å². The van der Waals surface area contributed by atoms with Gasteiger partial charge in [0.05, 0.1) is 17.0 Å². The molecule has 0 saturated heterocycles. The number of hydrogen-bond donors (Lipinski definition) is 1. The van der Waals surface area contributed by atoms with Gasteiger partial charge in [-0.15, -0.1) is 11.8 Å². The molecule has 0 spiro atoms. The molecule has 10 heteroatoms. The number of benzene rings is 2. The first-order chi connectivity index (χ1) is 15.1. The normalized spacial score (nSPS) is 13.5. The lowest BCUT2D eigenvalue weighted by Crippen LogP contribution is -2.41. The summed E-state index contributed by atoms with van der Waals surface area (Å²) in [5.74, 6) is -1.04. The Morgan fingerprint density at radius 1 is 1.12 bits per heavy atom. The maximum absolute atomic E-state index is 12.9. The molecule has 1 aliphatic rings. The lowest BCUT2D eigenvalue weighted by molar-refractivity contribution is -0.137. The van der Waals surface area contributed by atoms with E-state index < -0.39 is 17.6 Å². The zero-order chi connectivity index (χ0) is 23.5. The average molecular weight is 465 g/mol. The van der Waals surface area contributed by atoms with Gasteiger partial charge in [0.2, 0.25) is 11.8 Å². The second kappa shape index (κ2) is 9.64. The fourth-order valence-corrected chi connectivity index (χ4v) is 4.24. The molecule has 0 saturated carbocycles. The molecule has 2 aromatic carbocycles. The molecule has 0 bridgehead atoms. The number of carbonyl (C=O) groups is 3. The number of hydrogen-bond acceptors (Lipinski definition) is 4. The minimum absolute atomic E-state index is 0.0191. The van der Waals surface area contributed by atoms with Gasteiger partial charge < -0.3 is 15.1 Å². The van der Waals surface area contributed by atoms with Gasteiger partial charge in [0.25, 0.3) is 5.91 Å². The third-order valence-corrected chi connectivity index (χ3v) is 6.02. The maximum Gasteiger partial charge on any atom is 0.416 e. The highest BCUT2D eigenvalue weighted by molar-refractivity contribution is 8.00. The average Bonchev–Trinajstić information content (AvgIpc) is 2.75. The Balaban J connectivity index is 1.82. The van der Waals surface area contributed by atoms with Gasteiger partial charge in [-0.3, -0.25) is 14.4 Å². The lowest BCUT2D eigenvalue weighted by atomic mass is 10.1. The van der Waals surface area contributed by atoms with E-state index in [2.05, 4.69) is 5.32 Å². The van der Waals surface area contributed by atoms with Crippen molar-refractivity contribution < 1.29 is 27.6 Å². The summed E-state index contributed by atoms with van der Waals surface area (Å²) in [5.41, 5.74) is -0.0746. The smallest absolute Gasteiger partial charge is 0.339 e. The van der Waals surface area contributed by atoms with Crippen molar-refractivity contribution in [3.8, 4) is 0 Å². The van der Waals surface area contributed by atoms with Gasteiger partial charge in [0, 0.05) is 29.2 Å². The van der Waals surface area contributed by atoms with Crippen LogP contribution in [0.15, 0.2) is 47.4 Å². The molecule has 0 unspecified atom stereocenters. The molecule has 0 fully saturated rings. The molecule has 6 nitrogen and oxygen atoms in total. The van der Waals surface area contributed by atoms with Crippen LogP contribution in [0, 0.1) is 0 Å². The molecule has 3 amide bonds. The summed E-state index contributed by atoms with van der Waals surface area (Å²) in [6, 6.07) is 9.28. The number of nitrogens with one attached hydrogen (secondary N) is 1. The van der Waals surface area contributed by atoms with Crippen LogP contribution in [0.2, 0.25) is 0 Å². The number of nitrogens with zero attached hydrogens (tertiary/aromatic N) is 2. The van der Waals surface area contributed by atoms with Crippen molar-refractivity contribution in [1.29, 1.82) is 0 Å². The highest BCUT2D eigenvalue weighted by Gasteiger charge is 2.31. The van der Waals surface area contributed by atoms with Gasteiger partial charge in [-0.1, -0.05) is 6.07 Å². The van der Waals surface area contributed by atoms with E-state index in [1.54, 1.807) is 23.1 Å². The van der Waals surface area contributed by atoms with Crippen molar-refractivity contribution in [3.05, 3.63) is 53.6 Å². The van der Waals surface area contributed by atoms with E-state index in [1.165, 1.54) is 28.8 Å². The largest absolute Gasteiger partial charge is 0.416 e. The van der Waals surface area contributed by atoms with Crippen LogP contribution in [-0.2, 0) is 15.8 Å². The van der Waals surface area contributed by atoms with Crippen LogP contribution in [-0.4, -0.2) is 48.0 Å². The number of thioether (sulfide) groups is 1. The Labute approximate surface area is 187 Å². The predicted octanol–water partition coefficient (Wildman–Crippen LogP) is 4.26. The van der Waals surface area contributed by atoms with Gasteiger partial charge in [0.15, 0.2) is 0 Å². The van der Waals surface area contributed by atoms with E-state index in [1.807, 2.05) is 13.8 Å². The van der Waals surface area contributed by atoms with Crippen molar-refractivity contribution in [1.82, 2.24) is 4.90 Å². The Morgan fingerprint density at radius 2 is 1.84 bits per heavy atom. The summed E-state index contributed by atoms with van der Waals surface area (Å²) in [6.07, 6.45) is -4.53. The van der Waals surface area contributed by atoms with E-state index in [9.17, 15) is 27.6 Å². The van der Waals surface area contributed by atoms with E-state index in [-0.39, 0.29) is 29.8 Å². The van der Waals surface area contributed by atoms with Gasteiger partial charge >= 0.3 is 6.18 Å². The van der Waals surface area contributed by atoms with E-state index in [4.69, 9.17) is 0 Å². The second-order valence-electron chi connectivity index (χ2n) is 7.06. The molecule has 1 heterocycles. The summed E-state index contributed by atoms with van der Waals surface area (Å²) in [5, 5.41) is 2.41. The monoisotopic (exact) mass is 465 g/mol. The fraction of sp³-hybridized carbons (Fsp3) is 0.318.